The summed E-state index contributed by atoms with van der Waals surface area (Å²) in [4.78, 5) is 11.0. The fraction of sp³-hybridized carbons (Fsp3) is 0. The van der Waals surface area contributed by atoms with Gasteiger partial charge in [-0.3, -0.25) is 0 Å². The summed E-state index contributed by atoms with van der Waals surface area (Å²) in [6.07, 6.45) is 0. The van der Waals surface area contributed by atoms with Crippen molar-refractivity contribution >= 4 is 54.9 Å². The number of benzene rings is 1. The highest BCUT2D eigenvalue weighted by Gasteiger charge is 2.16. The van der Waals surface area contributed by atoms with E-state index in [2.05, 4.69) is 15.9 Å². The minimum absolute atomic E-state index is 0.164. The van der Waals surface area contributed by atoms with E-state index in [1.54, 1.807) is 6.07 Å². The van der Waals surface area contributed by atoms with Gasteiger partial charge in [0.15, 0.2) is 0 Å². The van der Waals surface area contributed by atoms with Crippen LogP contribution in [0, 0.1) is 0 Å². The molecule has 0 aliphatic heterocycles. The third-order valence-electron chi connectivity index (χ3n) is 1.87. The molecule has 1 aromatic heterocycles. The maximum absolute atomic E-state index is 11.0. The number of hydrogen-bond acceptors (Lipinski definition) is 2. The van der Waals surface area contributed by atoms with Crippen LogP contribution in [0.2, 0.25) is 5.02 Å². The van der Waals surface area contributed by atoms with Crippen LogP contribution in [0.15, 0.2) is 22.0 Å². The Balaban J connectivity index is 2.93. The van der Waals surface area contributed by atoms with Crippen molar-refractivity contribution in [3.8, 4) is 0 Å². The molecule has 0 atom stereocenters. The lowest BCUT2D eigenvalue weighted by Crippen LogP contribution is -1.98. The molecule has 0 bridgehead atoms. The van der Waals surface area contributed by atoms with Gasteiger partial charge in [-0.15, -0.1) is 11.3 Å². The standard InChI is InChI=1S/C9H4BrClO2S/c10-5-3-6-4(1-2-14-6)7(8(5)11)9(12)13/h1-3H,(H,12,13). The minimum atomic E-state index is -1.00. The highest BCUT2D eigenvalue weighted by molar-refractivity contribution is 9.10. The molecule has 2 nitrogen and oxygen atoms in total. The lowest BCUT2D eigenvalue weighted by molar-refractivity contribution is 0.0699. The Hall–Kier alpha value is -0.580. The summed E-state index contributed by atoms with van der Waals surface area (Å²) in [5, 5.41) is 11.8. The van der Waals surface area contributed by atoms with Crippen molar-refractivity contribution in [2.45, 2.75) is 0 Å². The molecule has 14 heavy (non-hydrogen) atoms. The first kappa shape index (κ1) is 9.96. The van der Waals surface area contributed by atoms with Crippen molar-refractivity contribution in [1.29, 1.82) is 0 Å². The molecule has 0 saturated carbocycles. The summed E-state index contributed by atoms with van der Waals surface area (Å²) < 4.78 is 1.53. The van der Waals surface area contributed by atoms with Crippen LogP contribution in [0.3, 0.4) is 0 Å². The Labute approximate surface area is 97.2 Å². The average Bonchev–Trinajstić information content (AvgIpc) is 2.52. The first-order valence-corrected chi connectivity index (χ1v) is 5.75. The summed E-state index contributed by atoms with van der Waals surface area (Å²) in [6.45, 7) is 0. The molecular formula is C9H4BrClO2S. The van der Waals surface area contributed by atoms with Crippen molar-refractivity contribution < 1.29 is 9.90 Å². The van der Waals surface area contributed by atoms with Gasteiger partial charge >= 0.3 is 5.97 Å². The van der Waals surface area contributed by atoms with E-state index in [-0.39, 0.29) is 10.6 Å². The van der Waals surface area contributed by atoms with E-state index in [4.69, 9.17) is 16.7 Å². The van der Waals surface area contributed by atoms with Crippen LogP contribution >= 0.6 is 38.9 Å². The number of hydrogen-bond donors (Lipinski definition) is 1. The molecular weight excluding hydrogens is 288 g/mol. The molecule has 1 N–H and O–H groups in total. The van der Waals surface area contributed by atoms with Crippen LogP contribution in [0.1, 0.15) is 10.4 Å². The van der Waals surface area contributed by atoms with Gasteiger partial charge in [0.05, 0.1) is 10.6 Å². The SMILES string of the molecule is O=C(O)c1c(Cl)c(Br)cc2sccc12. The fourth-order valence-corrected chi connectivity index (χ4v) is 2.91. The maximum Gasteiger partial charge on any atom is 0.337 e. The molecule has 0 aliphatic carbocycles. The van der Waals surface area contributed by atoms with Crippen molar-refractivity contribution in [3.63, 3.8) is 0 Å². The summed E-state index contributed by atoms with van der Waals surface area (Å²) in [5.41, 5.74) is 0.164. The molecule has 0 spiro atoms. The second kappa shape index (κ2) is 3.53. The van der Waals surface area contributed by atoms with Crippen LogP contribution in [0.5, 0.6) is 0 Å². The van der Waals surface area contributed by atoms with Gasteiger partial charge < -0.3 is 5.11 Å². The predicted octanol–water partition coefficient (Wildman–Crippen LogP) is 4.02. The smallest absolute Gasteiger partial charge is 0.337 e. The lowest BCUT2D eigenvalue weighted by atomic mass is 10.1. The second-order valence-corrected chi connectivity index (χ2v) is 4.86. The number of carboxylic acid groups (broad SMARTS) is 1. The molecule has 5 heteroatoms. The van der Waals surface area contributed by atoms with E-state index in [1.165, 1.54) is 11.3 Å². The number of carbonyl (C=O) groups is 1. The third kappa shape index (κ3) is 1.43. The fourth-order valence-electron chi connectivity index (χ4n) is 1.26. The molecule has 2 rings (SSSR count). The van der Waals surface area contributed by atoms with Crippen LogP contribution < -0.4 is 0 Å². The van der Waals surface area contributed by atoms with Gasteiger partial charge in [0.2, 0.25) is 0 Å². The van der Waals surface area contributed by atoms with Gasteiger partial charge in [-0.2, -0.15) is 0 Å². The molecule has 0 radical (unpaired) electrons. The number of fused-ring (bicyclic) bond motifs is 1. The molecule has 1 aromatic carbocycles. The monoisotopic (exact) mass is 290 g/mol. The van der Waals surface area contributed by atoms with Crippen molar-refractivity contribution in [2.24, 2.45) is 0 Å². The van der Waals surface area contributed by atoms with Gasteiger partial charge in [0, 0.05) is 14.6 Å². The van der Waals surface area contributed by atoms with Gasteiger partial charge in [0.1, 0.15) is 0 Å². The van der Waals surface area contributed by atoms with Gasteiger partial charge in [0.25, 0.3) is 0 Å². The van der Waals surface area contributed by atoms with E-state index in [1.807, 2.05) is 11.4 Å². The number of aromatic carboxylic acids is 1. The number of rotatable bonds is 1. The van der Waals surface area contributed by atoms with E-state index < -0.39 is 5.97 Å². The summed E-state index contributed by atoms with van der Waals surface area (Å²) in [7, 11) is 0. The second-order valence-electron chi connectivity index (χ2n) is 2.68. The third-order valence-corrected chi connectivity index (χ3v) is 3.98. The topological polar surface area (TPSA) is 37.3 Å². The zero-order chi connectivity index (χ0) is 10.3. The Morgan fingerprint density at radius 2 is 2.29 bits per heavy atom. The summed E-state index contributed by atoms with van der Waals surface area (Å²) in [6, 6.07) is 3.59. The van der Waals surface area contributed by atoms with Crippen LogP contribution in [0.25, 0.3) is 10.1 Å². The van der Waals surface area contributed by atoms with Crippen molar-refractivity contribution in [1.82, 2.24) is 0 Å². The maximum atomic E-state index is 11.0. The average molecular weight is 292 g/mol. The van der Waals surface area contributed by atoms with Crippen molar-refractivity contribution in [3.05, 3.63) is 32.6 Å². The molecule has 0 amide bonds. The summed E-state index contributed by atoms with van der Waals surface area (Å²) in [5.74, 6) is -1.00. The number of halogens is 2. The first-order valence-electron chi connectivity index (χ1n) is 3.69. The zero-order valence-corrected chi connectivity index (χ0v) is 9.91. The Kier molecular flexibility index (Phi) is 2.51. The summed E-state index contributed by atoms with van der Waals surface area (Å²) >= 11 is 10.6. The van der Waals surface area contributed by atoms with Crippen LogP contribution in [0.4, 0.5) is 0 Å². The minimum Gasteiger partial charge on any atom is -0.478 e. The molecule has 72 valence electrons. The normalized spacial score (nSPS) is 10.7. The Morgan fingerprint density at radius 3 is 2.93 bits per heavy atom. The van der Waals surface area contributed by atoms with E-state index in [9.17, 15) is 4.79 Å². The largest absolute Gasteiger partial charge is 0.478 e. The van der Waals surface area contributed by atoms with Crippen LogP contribution in [-0.2, 0) is 0 Å². The zero-order valence-electron chi connectivity index (χ0n) is 6.75. The van der Waals surface area contributed by atoms with Gasteiger partial charge in [-0.25, -0.2) is 4.79 Å². The molecule has 0 fully saturated rings. The van der Waals surface area contributed by atoms with E-state index in [0.717, 1.165) is 4.70 Å². The Morgan fingerprint density at radius 1 is 1.57 bits per heavy atom. The van der Waals surface area contributed by atoms with E-state index >= 15 is 0 Å². The molecule has 0 aliphatic rings. The van der Waals surface area contributed by atoms with Gasteiger partial charge in [-0.1, -0.05) is 11.6 Å². The highest BCUT2D eigenvalue weighted by atomic mass is 79.9. The quantitative estimate of drug-likeness (QED) is 0.862. The molecule has 1 heterocycles. The number of thiophene rings is 1. The predicted molar refractivity (Wildman–Crippen MR) is 61.5 cm³/mol. The Bertz CT molecular complexity index is 521. The molecule has 0 unspecified atom stereocenters. The van der Waals surface area contributed by atoms with Crippen LogP contribution in [-0.4, -0.2) is 11.1 Å². The molecule has 2 aromatic rings. The van der Waals surface area contributed by atoms with Crippen molar-refractivity contribution in [2.75, 3.05) is 0 Å². The lowest BCUT2D eigenvalue weighted by Gasteiger charge is -2.02. The molecule has 0 saturated heterocycles. The number of carboxylic acids is 1. The highest BCUT2D eigenvalue weighted by Crippen LogP contribution is 2.35. The van der Waals surface area contributed by atoms with Gasteiger partial charge in [-0.05, 0) is 33.4 Å². The van der Waals surface area contributed by atoms with E-state index in [0.29, 0.717) is 9.86 Å². The first-order chi connectivity index (χ1) is 6.61.